The lowest BCUT2D eigenvalue weighted by Crippen LogP contribution is -2.47. The molecule has 0 aromatic heterocycles. The Morgan fingerprint density at radius 2 is 2.00 bits per heavy atom. The third-order valence-electron chi connectivity index (χ3n) is 2.87. The molecule has 2 rings (SSSR count). The van der Waals surface area contributed by atoms with E-state index in [1.54, 1.807) is 0 Å². The van der Waals surface area contributed by atoms with E-state index in [4.69, 9.17) is 4.74 Å². The molecular weight excluding hydrogens is 170 g/mol. The van der Waals surface area contributed by atoms with Gasteiger partial charge in [0.25, 0.3) is 0 Å². The Morgan fingerprint density at radius 3 is 2.50 bits per heavy atom. The van der Waals surface area contributed by atoms with Crippen LogP contribution >= 0.6 is 12.6 Å². The van der Waals surface area contributed by atoms with Crippen LogP contribution < -0.4 is 0 Å². The fourth-order valence-electron chi connectivity index (χ4n) is 2.32. The molecule has 3 atom stereocenters. The summed E-state index contributed by atoms with van der Waals surface area (Å²) in [6.45, 7) is 5.17. The maximum Gasteiger partial charge on any atom is 0.0622 e. The smallest absolute Gasteiger partial charge is 0.0622 e. The van der Waals surface area contributed by atoms with Crippen molar-refractivity contribution in [1.82, 2.24) is 4.90 Å². The summed E-state index contributed by atoms with van der Waals surface area (Å²) >= 11 is 4.43. The monoisotopic (exact) mass is 187 g/mol. The fourth-order valence-corrected chi connectivity index (χ4v) is 2.50. The van der Waals surface area contributed by atoms with E-state index in [0.29, 0.717) is 17.3 Å². The molecule has 2 nitrogen and oxygen atoms in total. The van der Waals surface area contributed by atoms with Crippen molar-refractivity contribution in [1.29, 1.82) is 0 Å². The number of hydrogen-bond acceptors (Lipinski definition) is 3. The van der Waals surface area contributed by atoms with Crippen molar-refractivity contribution in [2.24, 2.45) is 0 Å². The lowest BCUT2D eigenvalue weighted by Gasteiger charge is -2.35. The maximum atomic E-state index is 5.50. The molecule has 0 aliphatic carbocycles. The van der Waals surface area contributed by atoms with Crippen molar-refractivity contribution >= 4 is 12.6 Å². The SMILES string of the molecule is CC(S)CN1C2CCC1COC2. The molecule has 70 valence electrons. The highest BCUT2D eigenvalue weighted by molar-refractivity contribution is 7.80. The Bertz CT molecular complexity index is 147. The molecule has 3 heteroatoms. The number of rotatable bonds is 2. The molecule has 2 fully saturated rings. The molecule has 2 aliphatic rings. The summed E-state index contributed by atoms with van der Waals surface area (Å²) < 4.78 is 5.50. The van der Waals surface area contributed by atoms with Gasteiger partial charge in [0, 0.05) is 23.9 Å². The van der Waals surface area contributed by atoms with Gasteiger partial charge in [-0.15, -0.1) is 0 Å². The van der Waals surface area contributed by atoms with Crippen molar-refractivity contribution < 1.29 is 4.74 Å². The number of ether oxygens (including phenoxy) is 1. The van der Waals surface area contributed by atoms with Crippen molar-refractivity contribution in [2.75, 3.05) is 19.8 Å². The van der Waals surface area contributed by atoms with Gasteiger partial charge in [0.15, 0.2) is 0 Å². The van der Waals surface area contributed by atoms with E-state index in [0.717, 1.165) is 19.8 Å². The highest BCUT2D eigenvalue weighted by Crippen LogP contribution is 2.28. The maximum absolute atomic E-state index is 5.50. The topological polar surface area (TPSA) is 12.5 Å². The van der Waals surface area contributed by atoms with Gasteiger partial charge in [0.1, 0.15) is 0 Å². The van der Waals surface area contributed by atoms with Gasteiger partial charge in [-0.3, -0.25) is 4.90 Å². The van der Waals surface area contributed by atoms with Gasteiger partial charge < -0.3 is 4.74 Å². The van der Waals surface area contributed by atoms with Crippen molar-refractivity contribution in [3.05, 3.63) is 0 Å². The minimum absolute atomic E-state index is 0.492. The first-order valence-corrected chi connectivity index (χ1v) is 5.30. The molecular formula is C9H17NOS. The number of hydrogen-bond donors (Lipinski definition) is 1. The molecule has 0 spiro atoms. The average molecular weight is 187 g/mol. The standard InChI is InChI=1S/C9H17NOS/c1-7(12)4-10-8-2-3-9(10)6-11-5-8/h7-9,12H,2-6H2,1H3. The number of morpholine rings is 1. The second kappa shape index (κ2) is 3.56. The molecule has 0 amide bonds. The molecule has 0 aromatic rings. The van der Waals surface area contributed by atoms with Crippen LogP contribution in [0.2, 0.25) is 0 Å². The van der Waals surface area contributed by atoms with Crippen LogP contribution in [0.25, 0.3) is 0 Å². The second-order valence-corrected chi connectivity index (χ2v) is 4.85. The van der Waals surface area contributed by atoms with Crippen LogP contribution in [0, 0.1) is 0 Å². The third-order valence-corrected chi connectivity index (χ3v) is 3.03. The summed E-state index contributed by atoms with van der Waals surface area (Å²) in [5.41, 5.74) is 0. The van der Waals surface area contributed by atoms with E-state index in [1.165, 1.54) is 12.8 Å². The van der Waals surface area contributed by atoms with E-state index < -0.39 is 0 Å². The van der Waals surface area contributed by atoms with Gasteiger partial charge >= 0.3 is 0 Å². The van der Waals surface area contributed by atoms with Gasteiger partial charge in [-0.05, 0) is 12.8 Å². The minimum Gasteiger partial charge on any atom is -0.378 e. The first kappa shape index (κ1) is 8.85. The molecule has 2 aliphatic heterocycles. The largest absolute Gasteiger partial charge is 0.378 e. The summed E-state index contributed by atoms with van der Waals surface area (Å²) in [5, 5.41) is 0.492. The summed E-state index contributed by atoms with van der Waals surface area (Å²) in [5.74, 6) is 0. The average Bonchev–Trinajstić information content (AvgIpc) is 2.30. The Balaban J connectivity index is 1.96. The molecule has 2 heterocycles. The van der Waals surface area contributed by atoms with Crippen LogP contribution in [0.3, 0.4) is 0 Å². The van der Waals surface area contributed by atoms with Crippen molar-refractivity contribution in [2.45, 2.75) is 37.1 Å². The molecule has 0 radical (unpaired) electrons. The summed E-state index contributed by atoms with van der Waals surface area (Å²) in [6, 6.07) is 1.39. The zero-order chi connectivity index (χ0) is 8.55. The number of fused-ring (bicyclic) bond motifs is 2. The Morgan fingerprint density at radius 1 is 1.42 bits per heavy atom. The molecule has 3 unspecified atom stereocenters. The van der Waals surface area contributed by atoms with Gasteiger partial charge in [-0.2, -0.15) is 12.6 Å². The van der Waals surface area contributed by atoms with Gasteiger partial charge in [0.2, 0.25) is 0 Å². The second-order valence-electron chi connectivity index (χ2n) is 3.97. The molecule has 2 bridgehead atoms. The summed E-state index contributed by atoms with van der Waals surface area (Å²) in [7, 11) is 0. The van der Waals surface area contributed by atoms with Crippen LogP contribution in [0.1, 0.15) is 19.8 Å². The zero-order valence-electron chi connectivity index (χ0n) is 7.57. The van der Waals surface area contributed by atoms with E-state index in [9.17, 15) is 0 Å². The predicted octanol–water partition coefficient (Wildman–Crippen LogP) is 1.17. The first-order valence-electron chi connectivity index (χ1n) is 4.79. The Kier molecular flexibility index (Phi) is 2.63. The molecule has 12 heavy (non-hydrogen) atoms. The highest BCUT2D eigenvalue weighted by atomic mass is 32.1. The fraction of sp³-hybridized carbons (Fsp3) is 1.00. The lowest BCUT2D eigenvalue weighted by atomic mass is 10.2. The van der Waals surface area contributed by atoms with Crippen LogP contribution in [0.5, 0.6) is 0 Å². The third kappa shape index (κ3) is 1.63. The van der Waals surface area contributed by atoms with Crippen LogP contribution in [-0.2, 0) is 4.74 Å². The minimum atomic E-state index is 0.492. The summed E-state index contributed by atoms with van der Waals surface area (Å²) in [4.78, 5) is 2.58. The molecule has 0 saturated carbocycles. The van der Waals surface area contributed by atoms with E-state index in [1.807, 2.05) is 0 Å². The molecule has 0 N–H and O–H groups in total. The quantitative estimate of drug-likeness (QED) is 0.651. The lowest BCUT2D eigenvalue weighted by molar-refractivity contribution is -0.0134. The van der Waals surface area contributed by atoms with E-state index >= 15 is 0 Å². The predicted molar refractivity (Wildman–Crippen MR) is 52.8 cm³/mol. The van der Waals surface area contributed by atoms with Crippen molar-refractivity contribution in [3.8, 4) is 0 Å². The van der Waals surface area contributed by atoms with Crippen molar-refractivity contribution in [3.63, 3.8) is 0 Å². The Hall–Kier alpha value is 0.270. The normalized spacial score (nSPS) is 38.5. The van der Waals surface area contributed by atoms with E-state index in [-0.39, 0.29) is 0 Å². The number of nitrogens with zero attached hydrogens (tertiary/aromatic N) is 1. The first-order chi connectivity index (χ1) is 5.77. The summed E-state index contributed by atoms with van der Waals surface area (Å²) in [6.07, 6.45) is 2.65. The molecule has 0 aromatic carbocycles. The van der Waals surface area contributed by atoms with Gasteiger partial charge in [0.05, 0.1) is 13.2 Å². The number of thiol groups is 1. The highest BCUT2D eigenvalue weighted by Gasteiger charge is 2.37. The van der Waals surface area contributed by atoms with Crippen LogP contribution in [0.15, 0.2) is 0 Å². The van der Waals surface area contributed by atoms with Gasteiger partial charge in [-0.25, -0.2) is 0 Å². The van der Waals surface area contributed by atoms with Crippen LogP contribution in [-0.4, -0.2) is 42.0 Å². The molecule has 2 saturated heterocycles. The Labute approximate surface area is 79.7 Å². The zero-order valence-corrected chi connectivity index (χ0v) is 8.46. The van der Waals surface area contributed by atoms with Gasteiger partial charge in [-0.1, -0.05) is 6.92 Å². The van der Waals surface area contributed by atoms with E-state index in [2.05, 4.69) is 24.5 Å². The van der Waals surface area contributed by atoms with Crippen LogP contribution in [0.4, 0.5) is 0 Å².